The van der Waals surface area contributed by atoms with Crippen LogP contribution in [0, 0.1) is 11.7 Å². The lowest BCUT2D eigenvalue weighted by Crippen LogP contribution is -2.41. The number of hydrogen-bond acceptors (Lipinski definition) is 2. The van der Waals surface area contributed by atoms with Crippen molar-refractivity contribution in [1.82, 2.24) is 10.2 Å². The molecule has 0 aromatic heterocycles. The van der Waals surface area contributed by atoms with Gasteiger partial charge >= 0.3 is 6.03 Å². The summed E-state index contributed by atoms with van der Waals surface area (Å²) in [7, 11) is 1.96. The predicted octanol–water partition coefficient (Wildman–Crippen LogP) is 2.68. The second-order valence-electron chi connectivity index (χ2n) is 5.26. The van der Waals surface area contributed by atoms with E-state index < -0.39 is 0 Å². The Morgan fingerprint density at radius 1 is 1.40 bits per heavy atom. The van der Waals surface area contributed by atoms with Crippen LogP contribution in [0.5, 0.6) is 0 Å². The van der Waals surface area contributed by atoms with Crippen molar-refractivity contribution in [2.75, 3.05) is 32.0 Å². The van der Waals surface area contributed by atoms with Crippen LogP contribution in [-0.2, 0) is 0 Å². The molecule has 0 atom stereocenters. The van der Waals surface area contributed by atoms with Gasteiger partial charge in [-0.25, -0.2) is 9.18 Å². The van der Waals surface area contributed by atoms with E-state index in [2.05, 4.69) is 10.6 Å². The first-order chi connectivity index (χ1) is 9.69. The first kappa shape index (κ1) is 14.8. The van der Waals surface area contributed by atoms with Crippen LogP contribution < -0.4 is 10.6 Å². The molecule has 2 N–H and O–H groups in total. The van der Waals surface area contributed by atoms with Gasteiger partial charge in [-0.05, 0) is 57.0 Å². The van der Waals surface area contributed by atoms with Crippen molar-refractivity contribution in [3.63, 3.8) is 0 Å². The van der Waals surface area contributed by atoms with Crippen molar-refractivity contribution in [2.24, 2.45) is 5.92 Å². The molecule has 2 rings (SSSR count). The molecule has 110 valence electrons. The zero-order valence-electron chi connectivity index (χ0n) is 11.9. The minimum absolute atomic E-state index is 0.136. The average Bonchev–Trinajstić information content (AvgIpc) is 2.45. The number of anilines is 1. The number of nitrogens with one attached hydrogen (secondary N) is 2. The third-order valence-electron chi connectivity index (χ3n) is 3.78. The van der Waals surface area contributed by atoms with Crippen LogP contribution in [0.3, 0.4) is 0 Å². The maximum absolute atomic E-state index is 13.1. The van der Waals surface area contributed by atoms with Crippen LogP contribution in [0.2, 0.25) is 0 Å². The molecule has 1 heterocycles. The predicted molar refractivity (Wildman–Crippen MR) is 78.3 cm³/mol. The largest absolute Gasteiger partial charge is 0.325 e. The molecule has 0 aliphatic carbocycles. The number of hydrogen-bond donors (Lipinski definition) is 2. The minimum Gasteiger partial charge on any atom is -0.325 e. The number of carbonyl (C=O) groups excluding carboxylic acids is 1. The summed E-state index contributed by atoms with van der Waals surface area (Å²) in [6, 6.07) is 5.85. The Morgan fingerprint density at radius 2 is 2.15 bits per heavy atom. The van der Waals surface area contributed by atoms with E-state index in [9.17, 15) is 9.18 Å². The third-order valence-corrected chi connectivity index (χ3v) is 3.78. The summed E-state index contributed by atoms with van der Waals surface area (Å²) in [5, 5.41) is 5.90. The summed E-state index contributed by atoms with van der Waals surface area (Å²) in [5.41, 5.74) is 0.507. The van der Waals surface area contributed by atoms with Crippen molar-refractivity contribution in [1.29, 1.82) is 0 Å². The van der Waals surface area contributed by atoms with E-state index in [0.29, 0.717) is 11.6 Å². The molecular weight excluding hydrogens is 257 g/mol. The van der Waals surface area contributed by atoms with Gasteiger partial charge in [0, 0.05) is 18.8 Å². The lowest BCUT2D eigenvalue weighted by Gasteiger charge is -2.32. The van der Waals surface area contributed by atoms with E-state index in [1.165, 1.54) is 12.1 Å². The third kappa shape index (κ3) is 4.20. The Kier molecular flexibility index (Phi) is 5.35. The van der Waals surface area contributed by atoms with Crippen LogP contribution in [0.15, 0.2) is 24.3 Å². The Labute approximate surface area is 119 Å². The number of carbonyl (C=O) groups is 1. The number of amides is 2. The molecule has 20 heavy (non-hydrogen) atoms. The Morgan fingerprint density at radius 3 is 2.80 bits per heavy atom. The number of likely N-dealkylation sites (tertiary alicyclic amines) is 1. The summed E-state index contributed by atoms with van der Waals surface area (Å²) in [4.78, 5) is 13.9. The topological polar surface area (TPSA) is 44.4 Å². The van der Waals surface area contributed by atoms with Gasteiger partial charge in [0.25, 0.3) is 0 Å². The molecule has 1 aliphatic heterocycles. The molecule has 1 aromatic rings. The van der Waals surface area contributed by atoms with Crippen LogP contribution in [-0.4, -0.2) is 37.6 Å². The fraction of sp³-hybridized carbons (Fsp3) is 0.533. The van der Waals surface area contributed by atoms with E-state index in [4.69, 9.17) is 0 Å². The number of nitrogens with zero attached hydrogens (tertiary/aromatic N) is 1. The fourth-order valence-corrected chi connectivity index (χ4v) is 2.54. The maximum atomic E-state index is 13.1. The van der Waals surface area contributed by atoms with Gasteiger partial charge in [-0.15, -0.1) is 0 Å². The first-order valence-electron chi connectivity index (χ1n) is 7.15. The number of halogens is 1. The van der Waals surface area contributed by atoms with Gasteiger partial charge < -0.3 is 15.5 Å². The lowest BCUT2D eigenvalue weighted by atomic mass is 9.94. The van der Waals surface area contributed by atoms with E-state index in [0.717, 1.165) is 38.9 Å². The quantitative estimate of drug-likeness (QED) is 0.890. The molecule has 4 nitrogen and oxygen atoms in total. The molecule has 5 heteroatoms. The second kappa shape index (κ2) is 7.24. The lowest BCUT2D eigenvalue weighted by molar-refractivity contribution is 0.180. The summed E-state index contributed by atoms with van der Waals surface area (Å²) in [6.07, 6.45) is 3.24. The van der Waals surface area contributed by atoms with Crippen molar-refractivity contribution in [2.45, 2.75) is 19.3 Å². The molecule has 0 bridgehead atoms. The maximum Gasteiger partial charge on any atom is 0.321 e. The number of benzene rings is 1. The smallest absolute Gasteiger partial charge is 0.321 e. The van der Waals surface area contributed by atoms with Crippen molar-refractivity contribution < 1.29 is 9.18 Å². The summed E-state index contributed by atoms with van der Waals surface area (Å²) in [6.45, 7) is 2.57. The van der Waals surface area contributed by atoms with Gasteiger partial charge in [-0.2, -0.15) is 0 Å². The molecule has 1 fully saturated rings. The van der Waals surface area contributed by atoms with Crippen molar-refractivity contribution in [3.05, 3.63) is 30.1 Å². The van der Waals surface area contributed by atoms with Crippen molar-refractivity contribution in [3.8, 4) is 0 Å². The Balaban J connectivity index is 1.80. The van der Waals surface area contributed by atoms with E-state index >= 15 is 0 Å². The van der Waals surface area contributed by atoms with Crippen LogP contribution in [0.4, 0.5) is 14.9 Å². The number of urea groups is 1. The molecular formula is C15H22FN3O. The van der Waals surface area contributed by atoms with Gasteiger partial charge in [-0.3, -0.25) is 0 Å². The van der Waals surface area contributed by atoms with Crippen LogP contribution in [0.1, 0.15) is 19.3 Å². The standard InChI is InChI=1S/C15H22FN3O/c1-17-8-5-12-6-9-19(10-7-12)15(20)18-14-4-2-3-13(16)11-14/h2-4,11-12,17H,5-10H2,1H3,(H,18,20). The van der Waals surface area contributed by atoms with E-state index in [1.807, 2.05) is 7.05 Å². The zero-order valence-corrected chi connectivity index (χ0v) is 11.9. The molecule has 0 saturated carbocycles. The fourth-order valence-electron chi connectivity index (χ4n) is 2.54. The average molecular weight is 279 g/mol. The van der Waals surface area contributed by atoms with Gasteiger partial charge in [-0.1, -0.05) is 6.07 Å². The molecule has 1 aliphatic rings. The minimum atomic E-state index is -0.339. The highest BCUT2D eigenvalue weighted by Crippen LogP contribution is 2.20. The monoisotopic (exact) mass is 279 g/mol. The zero-order chi connectivity index (χ0) is 14.4. The van der Waals surface area contributed by atoms with E-state index in [1.54, 1.807) is 17.0 Å². The molecule has 0 spiro atoms. The van der Waals surface area contributed by atoms with Gasteiger partial charge in [0.15, 0.2) is 0 Å². The highest BCUT2D eigenvalue weighted by atomic mass is 19.1. The molecule has 0 radical (unpaired) electrons. The van der Waals surface area contributed by atoms with Gasteiger partial charge in [0.1, 0.15) is 5.82 Å². The molecule has 1 aromatic carbocycles. The Bertz CT molecular complexity index is 444. The SMILES string of the molecule is CNCCC1CCN(C(=O)Nc2cccc(F)c2)CC1. The van der Waals surface area contributed by atoms with Crippen LogP contribution >= 0.6 is 0 Å². The van der Waals surface area contributed by atoms with E-state index in [-0.39, 0.29) is 11.8 Å². The molecule has 1 saturated heterocycles. The Hall–Kier alpha value is -1.62. The van der Waals surface area contributed by atoms with Gasteiger partial charge in [0.05, 0.1) is 0 Å². The highest BCUT2D eigenvalue weighted by Gasteiger charge is 2.22. The number of rotatable bonds is 4. The summed E-state index contributed by atoms with van der Waals surface area (Å²) >= 11 is 0. The summed E-state index contributed by atoms with van der Waals surface area (Å²) in [5.74, 6) is 0.356. The van der Waals surface area contributed by atoms with Crippen LogP contribution in [0.25, 0.3) is 0 Å². The molecule has 0 unspecified atom stereocenters. The highest BCUT2D eigenvalue weighted by molar-refractivity contribution is 5.89. The second-order valence-corrected chi connectivity index (χ2v) is 5.26. The number of piperidine rings is 1. The molecule has 2 amide bonds. The summed E-state index contributed by atoms with van der Waals surface area (Å²) < 4.78 is 13.1. The first-order valence-corrected chi connectivity index (χ1v) is 7.15. The van der Waals surface area contributed by atoms with Gasteiger partial charge in [0.2, 0.25) is 0 Å². The van der Waals surface area contributed by atoms with Crippen molar-refractivity contribution >= 4 is 11.7 Å². The normalized spacial score (nSPS) is 16.2.